The second-order valence-corrected chi connectivity index (χ2v) is 10.1. The second kappa shape index (κ2) is 9.18. The van der Waals surface area contributed by atoms with Crippen molar-refractivity contribution in [2.45, 2.75) is 44.6 Å². The first-order valence-corrected chi connectivity index (χ1v) is 12.1. The van der Waals surface area contributed by atoms with Gasteiger partial charge in [0.15, 0.2) is 0 Å². The number of nitriles is 1. The van der Waals surface area contributed by atoms with Crippen molar-refractivity contribution in [3.63, 3.8) is 0 Å². The van der Waals surface area contributed by atoms with Gasteiger partial charge in [0.2, 0.25) is 15.9 Å². The molecule has 1 fully saturated rings. The van der Waals surface area contributed by atoms with Crippen molar-refractivity contribution in [2.75, 3.05) is 18.5 Å². The first kappa shape index (κ1) is 22.9. The summed E-state index contributed by atoms with van der Waals surface area (Å²) in [6, 6.07) is 7.59. The number of amides is 1. The standard InChI is InChI=1S/C21H23N3O5S2/c1-4-29-21(26)18-14(3)16(12-22)20(30-18)23-19(25)17-6-5-11-24(17)31(27,28)15-9-7-13(2)8-10-15/h7-10,17H,4-6,11H2,1-3H3,(H,23,25). The smallest absolute Gasteiger partial charge is 0.348 e. The van der Waals surface area contributed by atoms with Crippen LogP contribution < -0.4 is 5.32 Å². The van der Waals surface area contributed by atoms with Crippen molar-refractivity contribution >= 4 is 38.2 Å². The number of anilines is 1. The van der Waals surface area contributed by atoms with E-state index in [0.717, 1.165) is 16.9 Å². The van der Waals surface area contributed by atoms with Crippen molar-refractivity contribution in [3.05, 3.63) is 45.8 Å². The van der Waals surface area contributed by atoms with Gasteiger partial charge in [0.05, 0.1) is 17.1 Å². The van der Waals surface area contributed by atoms with Crippen LogP contribution in [0.2, 0.25) is 0 Å². The minimum Gasteiger partial charge on any atom is -0.462 e. The Morgan fingerprint density at radius 2 is 1.97 bits per heavy atom. The quantitative estimate of drug-likeness (QED) is 0.660. The number of esters is 1. The summed E-state index contributed by atoms with van der Waals surface area (Å²) in [7, 11) is -3.84. The van der Waals surface area contributed by atoms with Crippen LogP contribution in [-0.2, 0) is 19.6 Å². The fourth-order valence-corrected chi connectivity index (χ4v) is 6.17. The summed E-state index contributed by atoms with van der Waals surface area (Å²) in [5.41, 5.74) is 1.54. The largest absolute Gasteiger partial charge is 0.462 e. The predicted octanol–water partition coefficient (Wildman–Crippen LogP) is 3.21. The van der Waals surface area contributed by atoms with E-state index in [2.05, 4.69) is 5.32 Å². The molecule has 1 aliphatic rings. The molecular weight excluding hydrogens is 438 g/mol. The Hall–Kier alpha value is -2.74. The summed E-state index contributed by atoms with van der Waals surface area (Å²) in [6.07, 6.45) is 0.916. The number of aryl methyl sites for hydroxylation is 1. The highest BCUT2D eigenvalue weighted by Crippen LogP contribution is 2.34. The molecule has 164 valence electrons. The van der Waals surface area contributed by atoms with Crippen LogP contribution in [0.25, 0.3) is 0 Å². The summed E-state index contributed by atoms with van der Waals surface area (Å²) in [5.74, 6) is -1.09. The van der Waals surface area contributed by atoms with E-state index in [0.29, 0.717) is 18.4 Å². The van der Waals surface area contributed by atoms with Gasteiger partial charge in [0.25, 0.3) is 0 Å². The van der Waals surface area contributed by atoms with Gasteiger partial charge in [0, 0.05) is 6.54 Å². The lowest BCUT2D eigenvalue weighted by Gasteiger charge is -2.23. The molecule has 0 saturated carbocycles. The molecule has 1 saturated heterocycles. The van der Waals surface area contributed by atoms with Crippen LogP contribution in [-0.4, -0.2) is 43.8 Å². The maximum Gasteiger partial charge on any atom is 0.348 e. The molecule has 8 nitrogen and oxygen atoms in total. The molecule has 31 heavy (non-hydrogen) atoms. The zero-order valence-electron chi connectivity index (χ0n) is 17.5. The zero-order chi connectivity index (χ0) is 22.8. The zero-order valence-corrected chi connectivity index (χ0v) is 19.1. The molecule has 1 unspecified atom stereocenters. The van der Waals surface area contributed by atoms with Crippen LogP contribution in [0.3, 0.4) is 0 Å². The van der Waals surface area contributed by atoms with Gasteiger partial charge in [-0.1, -0.05) is 17.7 Å². The number of rotatable bonds is 6. The number of hydrogen-bond donors (Lipinski definition) is 1. The Balaban J connectivity index is 1.86. The molecule has 1 aromatic heterocycles. The molecule has 0 bridgehead atoms. The maximum atomic E-state index is 13.1. The summed E-state index contributed by atoms with van der Waals surface area (Å²) >= 11 is 0.956. The number of nitrogens with one attached hydrogen (secondary N) is 1. The maximum absolute atomic E-state index is 13.1. The van der Waals surface area contributed by atoms with E-state index >= 15 is 0 Å². The van der Waals surface area contributed by atoms with Gasteiger partial charge < -0.3 is 10.1 Å². The fraction of sp³-hybridized carbons (Fsp3) is 0.381. The average Bonchev–Trinajstić information content (AvgIpc) is 3.34. The Kier molecular flexibility index (Phi) is 6.79. The van der Waals surface area contributed by atoms with Crippen molar-refractivity contribution in [3.8, 4) is 6.07 Å². The third-order valence-electron chi connectivity index (χ3n) is 5.09. The van der Waals surface area contributed by atoms with Crippen LogP contribution in [0.1, 0.15) is 46.1 Å². The molecule has 1 aliphatic heterocycles. The molecule has 1 aromatic carbocycles. The van der Waals surface area contributed by atoms with Crippen LogP contribution >= 0.6 is 11.3 Å². The van der Waals surface area contributed by atoms with E-state index in [4.69, 9.17) is 4.74 Å². The second-order valence-electron chi connectivity index (χ2n) is 7.17. The van der Waals surface area contributed by atoms with E-state index in [-0.39, 0.29) is 33.5 Å². The lowest BCUT2D eigenvalue weighted by atomic mass is 10.1. The molecule has 2 aromatic rings. The highest BCUT2D eigenvalue weighted by molar-refractivity contribution is 7.89. The van der Waals surface area contributed by atoms with Gasteiger partial charge in [-0.15, -0.1) is 11.3 Å². The SMILES string of the molecule is CCOC(=O)c1sc(NC(=O)C2CCCN2S(=O)(=O)c2ccc(C)cc2)c(C#N)c1C. The van der Waals surface area contributed by atoms with Crippen molar-refractivity contribution in [2.24, 2.45) is 0 Å². The molecule has 10 heteroatoms. The number of thiophene rings is 1. The summed E-state index contributed by atoms with van der Waals surface area (Å²) < 4.78 is 32.4. The molecule has 3 rings (SSSR count). The lowest BCUT2D eigenvalue weighted by molar-refractivity contribution is -0.119. The third kappa shape index (κ3) is 4.49. The minimum atomic E-state index is -3.84. The van der Waals surface area contributed by atoms with Gasteiger partial charge in [-0.05, 0) is 51.3 Å². The van der Waals surface area contributed by atoms with E-state index in [1.165, 1.54) is 16.4 Å². The number of carbonyl (C=O) groups excluding carboxylic acids is 2. The lowest BCUT2D eigenvalue weighted by Crippen LogP contribution is -2.43. The molecule has 0 radical (unpaired) electrons. The molecular formula is C21H23N3O5S2. The number of ether oxygens (including phenoxy) is 1. The minimum absolute atomic E-state index is 0.132. The molecule has 0 aliphatic carbocycles. The van der Waals surface area contributed by atoms with Crippen molar-refractivity contribution < 1.29 is 22.7 Å². The highest BCUT2D eigenvalue weighted by atomic mass is 32.2. The van der Waals surface area contributed by atoms with Gasteiger partial charge in [-0.3, -0.25) is 4.79 Å². The Morgan fingerprint density at radius 3 is 2.58 bits per heavy atom. The van der Waals surface area contributed by atoms with Crippen molar-refractivity contribution in [1.29, 1.82) is 5.26 Å². The van der Waals surface area contributed by atoms with E-state index < -0.39 is 27.9 Å². The molecule has 1 N–H and O–H groups in total. The first-order chi connectivity index (χ1) is 14.7. The third-order valence-corrected chi connectivity index (χ3v) is 8.20. The van der Waals surface area contributed by atoms with Gasteiger partial charge in [0.1, 0.15) is 22.0 Å². The van der Waals surface area contributed by atoms with Gasteiger partial charge in [-0.25, -0.2) is 13.2 Å². The predicted molar refractivity (Wildman–Crippen MR) is 116 cm³/mol. The van der Waals surface area contributed by atoms with E-state index in [9.17, 15) is 23.3 Å². The normalized spacial score (nSPS) is 16.6. The Labute approximate surface area is 185 Å². The average molecular weight is 462 g/mol. The van der Waals surface area contributed by atoms with Crippen LogP contribution in [0, 0.1) is 25.2 Å². The Bertz CT molecular complexity index is 1150. The first-order valence-electron chi connectivity index (χ1n) is 9.80. The molecule has 1 atom stereocenters. The summed E-state index contributed by atoms with van der Waals surface area (Å²) in [4.78, 5) is 25.5. The summed E-state index contributed by atoms with van der Waals surface area (Å²) in [5, 5.41) is 12.4. The van der Waals surface area contributed by atoms with E-state index in [1.54, 1.807) is 26.0 Å². The number of carbonyl (C=O) groups is 2. The van der Waals surface area contributed by atoms with Crippen molar-refractivity contribution in [1.82, 2.24) is 4.31 Å². The van der Waals surface area contributed by atoms with Crippen LogP contribution in [0.5, 0.6) is 0 Å². The number of sulfonamides is 1. The molecule has 0 spiro atoms. The van der Waals surface area contributed by atoms with Gasteiger partial charge >= 0.3 is 5.97 Å². The topological polar surface area (TPSA) is 117 Å². The number of hydrogen-bond acceptors (Lipinski definition) is 7. The van der Waals surface area contributed by atoms with Gasteiger partial charge in [-0.2, -0.15) is 9.57 Å². The number of benzene rings is 1. The number of nitrogens with zero attached hydrogens (tertiary/aromatic N) is 2. The summed E-state index contributed by atoms with van der Waals surface area (Å²) in [6.45, 7) is 5.58. The highest BCUT2D eigenvalue weighted by Gasteiger charge is 2.40. The Morgan fingerprint density at radius 1 is 1.29 bits per heavy atom. The molecule has 2 heterocycles. The fourth-order valence-electron chi connectivity index (χ4n) is 3.46. The van der Waals surface area contributed by atoms with Crippen LogP contribution in [0.4, 0.5) is 5.00 Å². The molecule has 1 amide bonds. The van der Waals surface area contributed by atoms with E-state index in [1.807, 2.05) is 13.0 Å². The van der Waals surface area contributed by atoms with Crippen LogP contribution in [0.15, 0.2) is 29.2 Å². The monoisotopic (exact) mass is 461 g/mol.